The number of nitrogens with one attached hydrogen (secondary N) is 1. The van der Waals surface area contributed by atoms with Crippen LogP contribution in [-0.2, 0) is 0 Å². The molecule has 2 nitrogen and oxygen atoms in total. The fraction of sp³-hybridized carbons (Fsp3) is 0.769. The van der Waals surface area contributed by atoms with Gasteiger partial charge in [-0.2, -0.15) is 0 Å². The Morgan fingerprint density at radius 2 is 2.00 bits per heavy atom. The molecule has 0 radical (unpaired) electrons. The van der Waals surface area contributed by atoms with Gasteiger partial charge in [0.25, 0.3) is 0 Å². The number of hydrogen-bond donors (Lipinski definition) is 1. The van der Waals surface area contributed by atoms with E-state index in [2.05, 4.69) is 51.0 Å². The lowest BCUT2D eigenvalue weighted by Crippen LogP contribution is -2.13. The summed E-state index contributed by atoms with van der Waals surface area (Å²) in [7, 11) is 0. The van der Waals surface area contributed by atoms with Crippen molar-refractivity contribution in [3.63, 3.8) is 0 Å². The van der Waals surface area contributed by atoms with Crippen molar-refractivity contribution in [2.45, 2.75) is 47.5 Å². The van der Waals surface area contributed by atoms with Gasteiger partial charge in [0.1, 0.15) is 0 Å². The maximum Gasteiger partial charge on any atom is 0.0415 e. The summed E-state index contributed by atoms with van der Waals surface area (Å²) in [6, 6.07) is 0. The number of aliphatic imine (C=N–C) groups is 1. The van der Waals surface area contributed by atoms with Gasteiger partial charge >= 0.3 is 0 Å². The van der Waals surface area contributed by atoms with Crippen molar-refractivity contribution in [2.24, 2.45) is 10.9 Å². The second kappa shape index (κ2) is 8.51. The summed E-state index contributed by atoms with van der Waals surface area (Å²) in [4.78, 5) is 4.49. The third-order valence-corrected chi connectivity index (χ3v) is 2.07. The van der Waals surface area contributed by atoms with E-state index >= 15 is 0 Å². The Bertz CT molecular complexity index is 215. The molecule has 1 N–H and O–H groups in total. The predicted molar refractivity (Wildman–Crippen MR) is 69.5 cm³/mol. The first-order chi connectivity index (χ1) is 7.06. The van der Waals surface area contributed by atoms with Crippen molar-refractivity contribution in [3.8, 4) is 0 Å². The van der Waals surface area contributed by atoms with E-state index in [9.17, 15) is 0 Å². The SMILES string of the molecule is CCCCNC(C)=CC(C)=NCC(C)C. The maximum absolute atomic E-state index is 4.49. The molecule has 0 saturated carbocycles. The van der Waals surface area contributed by atoms with Gasteiger partial charge in [0, 0.05) is 24.5 Å². The molecule has 0 unspecified atom stereocenters. The maximum atomic E-state index is 4.49. The molecule has 0 amide bonds. The Balaban J connectivity index is 3.93. The predicted octanol–water partition coefficient (Wildman–Crippen LogP) is 3.40. The molecule has 0 aromatic rings. The second-order valence-electron chi connectivity index (χ2n) is 4.48. The molecule has 0 atom stereocenters. The van der Waals surface area contributed by atoms with Gasteiger partial charge in [0.2, 0.25) is 0 Å². The number of nitrogens with zero attached hydrogens (tertiary/aromatic N) is 1. The van der Waals surface area contributed by atoms with Gasteiger partial charge in [-0.05, 0) is 32.3 Å². The zero-order chi connectivity index (χ0) is 11.7. The summed E-state index contributed by atoms with van der Waals surface area (Å²) in [5.41, 5.74) is 2.33. The molecule has 0 heterocycles. The van der Waals surface area contributed by atoms with E-state index in [0.717, 1.165) is 18.8 Å². The van der Waals surface area contributed by atoms with Crippen LogP contribution in [0.3, 0.4) is 0 Å². The first-order valence-electron chi connectivity index (χ1n) is 5.99. The lowest BCUT2D eigenvalue weighted by Gasteiger charge is -2.05. The summed E-state index contributed by atoms with van der Waals surface area (Å²) < 4.78 is 0. The highest BCUT2D eigenvalue weighted by atomic mass is 14.9. The van der Waals surface area contributed by atoms with Crippen LogP contribution in [0.5, 0.6) is 0 Å². The van der Waals surface area contributed by atoms with E-state index in [4.69, 9.17) is 0 Å². The molecular formula is C13H26N2. The zero-order valence-electron chi connectivity index (χ0n) is 10.9. The number of rotatable bonds is 7. The number of unbranched alkanes of at least 4 members (excludes halogenated alkanes) is 1. The van der Waals surface area contributed by atoms with Gasteiger partial charge in [-0.15, -0.1) is 0 Å². The Morgan fingerprint density at radius 3 is 2.53 bits per heavy atom. The van der Waals surface area contributed by atoms with E-state index < -0.39 is 0 Å². The quantitative estimate of drug-likeness (QED) is 0.505. The van der Waals surface area contributed by atoms with Crippen molar-refractivity contribution in [1.29, 1.82) is 0 Å². The van der Waals surface area contributed by atoms with E-state index in [-0.39, 0.29) is 0 Å². The third-order valence-electron chi connectivity index (χ3n) is 2.07. The standard InChI is InChI=1S/C13H26N2/c1-6-7-8-14-12(4)9-13(5)15-10-11(2)3/h9,11,14H,6-8,10H2,1-5H3. The topological polar surface area (TPSA) is 24.4 Å². The monoisotopic (exact) mass is 210 g/mol. The second-order valence-corrected chi connectivity index (χ2v) is 4.48. The van der Waals surface area contributed by atoms with Crippen molar-refractivity contribution in [2.75, 3.05) is 13.1 Å². The minimum atomic E-state index is 0.640. The summed E-state index contributed by atoms with van der Waals surface area (Å²) in [6.07, 6.45) is 4.59. The van der Waals surface area contributed by atoms with E-state index in [1.54, 1.807) is 0 Å². The molecule has 0 saturated heterocycles. The normalized spacial score (nSPS) is 13.5. The summed E-state index contributed by atoms with van der Waals surface area (Å²) in [5.74, 6) is 0.640. The molecule has 0 aromatic heterocycles. The van der Waals surface area contributed by atoms with Gasteiger partial charge < -0.3 is 5.32 Å². The Labute approximate surface area is 94.9 Å². The molecule has 0 rings (SSSR count). The molecule has 15 heavy (non-hydrogen) atoms. The van der Waals surface area contributed by atoms with Crippen LogP contribution in [0, 0.1) is 5.92 Å². The highest BCUT2D eigenvalue weighted by molar-refractivity contribution is 5.93. The third kappa shape index (κ3) is 9.51. The smallest absolute Gasteiger partial charge is 0.0415 e. The fourth-order valence-corrected chi connectivity index (χ4v) is 1.20. The Morgan fingerprint density at radius 1 is 1.33 bits per heavy atom. The largest absolute Gasteiger partial charge is 0.389 e. The molecule has 0 aromatic carbocycles. The average Bonchev–Trinajstić information content (AvgIpc) is 2.15. The number of hydrogen-bond acceptors (Lipinski definition) is 2. The van der Waals surface area contributed by atoms with Crippen molar-refractivity contribution < 1.29 is 0 Å². The molecule has 0 aliphatic carbocycles. The van der Waals surface area contributed by atoms with Gasteiger partial charge in [-0.25, -0.2) is 0 Å². The van der Waals surface area contributed by atoms with Crippen molar-refractivity contribution in [1.82, 2.24) is 5.32 Å². The summed E-state index contributed by atoms with van der Waals surface area (Å²) in [6.45, 7) is 12.7. The van der Waals surface area contributed by atoms with Crippen LogP contribution in [0.4, 0.5) is 0 Å². The zero-order valence-corrected chi connectivity index (χ0v) is 10.9. The Kier molecular flexibility index (Phi) is 8.06. The van der Waals surface area contributed by atoms with Gasteiger partial charge in [0.15, 0.2) is 0 Å². The van der Waals surface area contributed by atoms with Crippen LogP contribution in [-0.4, -0.2) is 18.8 Å². The fourth-order valence-electron chi connectivity index (χ4n) is 1.20. The van der Waals surface area contributed by atoms with Crippen molar-refractivity contribution >= 4 is 5.71 Å². The first kappa shape index (κ1) is 14.2. The minimum Gasteiger partial charge on any atom is -0.389 e. The molecule has 0 spiro atoms. The average molecular weight is 210 g/mol. The van der Waals surface area contributed by atoms with Crippen LogP contribution >= 0.6 is 0 Å². The Hall–Kier alpha value is -0.790. The molecule has 0 fully saturated rings. The van der Waals surface area contributed by atoms with Crippen LogP contribution in [0.1, 0.15) is 47.5 Å². The van der Waals surface area contributed by atoms with E-state index in [1.165, 1.54) is 18.5 Å². The van der Waals surface area contributed by atoms with Crippen LogP contribution in [0.25, 0.3) is 0 Å². The van der Waals surface area contributed by atoms with Crippen LogP contribution in [0.2, 0.25) is 0 Å². The molecular weight excluding hydrogens is 184 g/mol. The number of allylic oxidation sites excluding steroid dienone is 2. The lowest BCUT2D eigenvalue weighted by atomic mass is 10.2. The van der Waals surface area contributed by atoms with Crippen LogP contribution < -0.4 is 5.32 Å². The van der Waals surface area contributed by atoms with Gasteiger partial charge in [-0.1, -0.05) is 27.2 Å². The molecule has 2 heteroatoms. The lowest BCUT2D eigenvalue weighted by molar-refractivity contribution is 0.665. The van der Waals surface area contributed by atoms with Crippen LogP contribution in [0.15, 0.2) is 16.8 Å². The minimum absolute atomic E-state index is 0.640. The molecule has 0 bridgehead atoms. The first-order valence-corrected chi connectivity index (χ1v) is 5.99. The highest BCUT2D eigenvalue weighted by Crippen LogP contribution is 1.95. The van der Waals surface area contributed by atoms with Crippen molar-refractivity contribution in [3.05, 3.63) is 11.8 Å². The summed E-state index contributed by atoms with van der Waals surface area (Å²) in [5, 5.41) is 3.38. The van der Waals surface area contributed by atoms with E-state index in [1.807, 2.05) is 0 Å². The van der Waals surface area contributed by atoms with Gasteiger partial charge in [0.05, 0.1) is 0 Å². The molecule has 88 valence electrons. The van der Waals surface area contributed by atoms with Gasteiger partial charge in [-0.3, -0.25) is 4.99 Å². The molecule has 0 aliphatic heterocycles. The summed E-state index contributed by atoms with van der Waals surface area (Å²) >= 11 is 0. The van der Waals surface area contributed by atoms with E-state index in [0.29, 0.717) is 5.92 Å². The highest BCUT2D eigenvalue weighted by Gasteiger charge is 1.92. The molecule has 0 aliphatic rings.